The molecule has 2 aliphatic rings. The molecule has 1 N–H and O–H groups in total. The van der Waals surface area contributed by atoms with Crippen molar-refractivity contribution in [2.45, 2.75) is 19.8 Å². The van der Waals surface area contributed by atoms with E-state index in [9.17, 15) is 0 Å². The minimum Gasteiger partial charge on any atom is -0.411 e. The molecule has 3 heteroatoms. The van der Waals surface area contributed by atoms with Gasteiger partial charge in [0.2, 0.25) is 0 Å². The monoisotopic (exact) mass is 245 g/mol. The Labute approximate surface area is 101 Å². The Morgan fingerprint density at radius 3 is 2.20 bits per heavy atom. The second kappa shape index (κ2) is 8.27. The second-order valence-electron chi connectivity index (χ2n) is 3.10. The van der Waals surface area contributed by atoms with Crippen molar-refractivity contribution in [2.24, 2.45) is 5.16 Å². The zero-order valence-electron chi connectivity index (χ0n) is 8.70. The average molecular weight is 245 g/mol. The minimum atomic E-state index is 0. The van der Waals surface area contributed by atoms with Gasteiger partial charge in [-0.15, -0.1) is 0 Å². The van der Waals surface area contributed by atoms with E-state index in [2.05, 4.69) is 29.5 Å². The third-order valence-electron chi connectivity index (χ3n) is 2.04. The van der Waals surface area contributed by atoms with Crippen LogP contribution in [0.15, 0.2) is 53.3 Å². The molecule has 2 rings (SSSR count). The number of allylic oxidation sites excluding steroid dienone is 8. The first kappa shape index (κ1) is 13.9. The van der Waals surface area contributed by atoms with E-state index in [4.69, 9.17) is 5.21 Å². The van der Waals surface area contributed by atoms with Crippen LogP contribution in [0.1, 0.15) is 19.8 Å². The second-order valence-corrected chi connectivity index (χ2v) is 3.10. The smallest absolute Gasteiger partial charge is 0.411 e. The van der Waals surface area contributed by atoms with Gasteiger partial charge in [0.1, 0.15) is 0 Å². The first-order valence-corrected chi connectivity index (χ1v) is 4.71. The Morgan fingerprint density at radius 2 is 1.87 bits per heavy atom. The Morgan fingerprint density at radius 1 is 1.20 bits per heavy atom. The van der Waals surface area contributed by atoms with E-state index >= 15 is 0 Å². The van der Waals surface area contributed by atoms with Crippen LogP contribution in [0.2, 0.25) is 0 Å². The third kappa shape index (κ3) is 5.40. The number of hydrogen-bond acceptors (Lipinski definition) is 2. The summed E-state index contributed by atoms with van der Waals surface area (Å²) in [6.45, 7) is 1.79. The standard InChI is InChI=1S/C7H9NO.C5H6.Fe/c1-6(8-9)7-4-2-3-5-7;1-2-4-5-3-1;/h2-4,9H,5H2,1H3;1-4H,5H2;/q;;+2/b8-6+;;. The van der Waals surface area contributed by atoms with Gasteiger partial charge in [0, 0.05) is 0 Å². The summed E-state index contributed by atoms with van der Waals surface area (Å²) in [5.41, 5.74) is 1.80. The Hall–Kier alpha value is -1.05. The van der Waals surface area contributed by atoms with Gasteiger partial charge >= 0.3 is 17.1 Å². The zero-order chi connectivity index (χ0) is 10.2. The first-order valence-electron chi connectivity index (χ1n) is 4.71. The quantitative estimate of drug-likeness (QED) is 0.327. The molecule has 80 valence electrons. The van der Waals surface area contributed by atoms with Gasteiger partial charge in [-0.25, -0.2) is 0 Å². The molecule has 0 fully saturated rings. The van der Waals surface area contributed by atoms with Crippen LogP contribution in [0.3, 0.4) is 0 Å². The molecule has 0 amide bonds. The molecule has 0 aliphatic heterocycles. The molecule has 0 aromatic heterocycles. The van der Waals surface area contributed by atoms with Crippen LogP contribution in [-0.4, -0.2) is 10.9 Å². The predicted molar refractivity (Wildman–Crippen MR) is 59.6 cm³/mol. The molecule has 0 spiro atoms. The number of oxime groups is 1. The largest absolute Gasteiger partial charge is 2.00 e. The van der Waals surface area contributed by atoms with Crippen molar-refractivity contribution in [1.82, 2.24) is 0 Å². The number of rotatable bonds is 1. The minimum absolute atomic E-state index is 0. The molecule has 0 heterocycles. The molecule has 2 aliphatic carbocycles. The summed E-state index contributed by atoms with van der Waals surface area (Å²) in [5.74, 6) is 0. The fraction of sp³-hybridized carbons (Fsp3) is 0.250. The van der Waals surface area contributed by atoms with Gasteiger partial charge in [0.15, 0.2) is 0 Å². The van der Waals surface area contributed by atoms with E-state index in [-0.39, 0.29) is 17.1 Å². The number of hydrogen-bond donors (Lipinski definition) is 1. The maximum atomic E-state index is 8.31. The maximum absolute atomic E-state index is 8.31. The Kier molecular flexibility index (Phi) is 7.69. The molecule has 2 nitrogen and oxygen atoms in total. The average Bonchev–Trinajstić information content (AvgIpc) is 2.91. The summed E-state index contributed by atoms with van der Waals surface area (Å²) in [6, 6.07) is 0. The van der Waals surface area contributed by atoms with Crippen LogP contribution in [0, 0.1) is 0 Å². The summed E-state index contributed by atoms with van der Waals surface area (Å²) in [7, 11) is 0. The third-order valence-corrected chi connectivity index (χ3v) is 2.04. The van der Waals surface area contributed by atoms with Crippen molar-refractivity contribution >= 4 is 5.71 Å². The summed E-state index contributed by atoms with van der Waals surface area (Å²) < 4.78 is 0. The van der Waals surface area contributed by atoms with E-state index in [0.717, 1.165) is 18.4 Å². The molecule has 0 saturated carbocycles. The van der Waals surface area contributed by atoms with Gasteiger partial charge in [-0.05, 0) is 25.3 Å². The van der Waals surface area contributed by atoms with Crippen LogP contribution < -0.4 is 0 Å². The Bertz CT molecular complexity index is 315. The first-order chi connectivity index (χ1) is 6.84. The molecule has 0 aromatic carbocycles. The van der Waals surface area contributed by atoms with Crippen LogP contribution >= 0.6 is 0 Å². The zero-order valence-corrected chi connectivity index (χ0v) is 9.81. The topological polar surface area (TPSA) is 32.6 Å². The summed E-state index contributed by atoms with van der Waals surface area (Å²) in [6.07, 6.45) is 16.3. The maximum Gasteiger partial charge on any atom is 2.00 e. The van der Waals surface area contributed by atoms with Gasteiger partial charge in [0.05, 0.1) is 5.71 Å². The van der Waals surface area contributed by atoms with E-state index in [1.54, 1.807) is 6.92 Å². The van der Waals surface area contributed by atoms with Crippen LogP contribution in [-0.2, 0) is 17.1 Å². The Balaban J connectivity index is 0.000000280. The number of nitrogens with zero attached hydrogens (tertiary/aromatic N) is 1. The predicted octanol–water partition coefficient (Wildman–Crippen LogP) is 3.22. The van der Waals surface area contributed by atoms with Crippen molar-refractivity contribution in [3.63, 3.8) is 0 Å². The molecule has 0 aromatic rings. The van der Waals surface area contributed by atoms with Crippen LogP contribution in [0.5, 0.6) is 0 Å². The fourth-order valence-electron chi connectivity index (χ4n) is 1.17. The van der Waals surface area contributed by atoms with Crippen molar-refractivity contribution in [1.29, 1.82) is 0 Å². The molecule has 0 radical (unpaired) electrons. The van der Waals surface area contributed by atoms with Gasteiger partial charge < -0.3 is 5.21 Å². The van der Waals surface area contributed by atoms with E-state index in [0.29, 0.717) is 5.71 Å². The molecular formula is C12H15FeNO+2. The van der Waals surface area contributed by atoms with Crippen molar-refractivity contribution < 1.29 is 22.3 Å². The fourth-order valence-corrected chi connectivity index (χ4v) is 1.17. The summed E-state index contributed by atoms with van der Waals surface area (Å²) >= 11 is 0. The van der Waals surface area contributed by atoms with Crippen molar-refractivity contribution in [3.8, 4) is 0 Å². The van der Waals surface area contributed by atoms with Crippen LogP contribution in [0.4, 0.5) is 0 Å². The molecule has 0 unspecified atom stereocenters. The molecular weight excluding hydrogens is 230 g/mol. The van der Waals surface area contributed by atoms with Gasteiger partial charge in [-0.2, -0.15) is 0 Å². The van der Waals surface area contributed by atoms with Gasteiger partial charge in [-0.3, -0.25) is 0 Å². The molecule has 0 bridgehead atoms. The van der Waals surface area contributed by atoms with E-state index in [1.807, 2.05) is 18.2 Å². The normalized spacial score (nSPS) is 16.9. The SMILES string of the molecule is C/C(=N\O)C1=CC=CC1.C1=CCC=C1.[Fe+2]. The van der Waals surface area contributed by atoms with Gasteiger partial charge in [-0.1, -0.05) is 47.7 Å². The van der Waals surface area contributed by atoms with Gasteiger partial charge in [0.25, 0.3) is 0 Å². The molecule has 15 heavy (non-hydrogen) atoms. The van der Waals surface area contributed by atoms with Crippen molar-refractivity contribution in [3.05, 3.63) is 48.1 Å². The van der Waals surface area contributed by atoms with Crippen LogP contribution in [0.25, 0.3) is 0 Å². The van der Waals surface area contributed by atoms with E-state index in [1.165, 1.54) is 0 Å². The van der Waals surface area contributed by atoms with Crippen molar-refractivity contribution in [2.75, 3.05) is 0 Å². The summed E-state index contributed by atoms with van der Waals surface area (Å²) in [4.78, 5) is 0. The van der Waals surface area contributed by atoms with E-state index < -0.39 is 0 Å². The summed E-state index contributed by atoms with van der Waals surface area (Å²) in [5, 5.41) is 11.4. The molecule has 0 saturated heterocycles. The molecule has 0 atom stereocenters.